The fourth-order valence-electron chi connectivity index (χ4n) is 1.40. The molecule has 1 atom stereocenters. The van der Waals surface area contributed by atoms with Crippen molar-refractivity contribution in [1.29, 1.82) is 0 Å². The second-order valence-electron chi connectivity index (χ2n) is 4.37. The Hall–Kier alpha value is -2.11. The van der Waals surface area contributed by atoms with Crippen LogP contribution in [0.25, 0.3) is 0 Å². The minimum Gasteiger partial charge on any atom is -0.481 e. The van der Waals surface area contributed by atoms with Crippen LogP contribution in [-0.4, -0.2) is 29.1 Å². The van der Waals surface area contributed by atoms with Gasteiger partial charge in [-0.25, -0.2) is 9.18 Å². The molecular weight excluding hydrogens is 253 g/mol. The molecule has 0 saturated carbocycles. The highest BCUT2D eigenvalue weighted by atomic mass is 19.1. The minimum atomic E-state index is -1.35. The largest absolute Gasteiger partial charge is 0.481 e. The van der Waals surface area contributed by atoms with Crippen molar-refractivity contribution in [2.75, 3.05) is 0 Å². The van der Waals surface area contributed by atoms with Crippen LogP contribution >= 0.6 is 0 Å². The smallest absolute Gasteiger partial charge is 0.338 e. The van der Waals surface area contributed by atoms with Crippen LogP contribution in [0.3, 0.4) is 0 Å². The van der Waals surface area contributed by atoms with Crippen molar-refractivity contribution in [1.82, 2.24) is 5.32 Å². The quantitative estimate of drug-likeness (QED) is 0.854. The van der Waals surface area contributed by atoms with Gasteiger partial charge in [0.2, 0.25) is 0 Å². The molecule has 5 nitrogen and oxygen atoms in total. The first-order valence-electron chi connectivity index (χ1n) is 5.81. The summed E-state index contributed by atoms with van der Waals surface area (Å²) in [4.78, 5) is 22.2. The van der Waals surface area contributed by atoms with Crippen LogP contribution in [0.5, 0.6) is 5.75 Å². The van der Waals surface area contributed by atoms with Gasteiger partial charge < -0.3 is 15.2 Å². The highest BCUT2D eigenvalue weighted by Gasteiger charge is 2.17. The zero-order valence-corrected chi connectivity index (χ0v) is 10.9. The van der Waals surface area contributed by atoms with E-state index in [0.717, 1.165) is 12.1 Å². The molecule has 19 heavy (non-hydrogen) atoms. The van der Waals surface area contributed by atoms with Crippen LogP contribution < -0.4 is 10.1 Å². The van der Waals surface area contributed by atoms with Crippen molar-refractivity contribution in [2.45, 2.75) is 32.9 Å². The number of hydrogen-bond donors (Lipinski definition) is 2. The molecule has 1 aromatic rings. The van der Waals surface area contributed by atoms with E-state index in [1.807, 2.05) is 13.8 Å². The molecule has 104 valence electrons. The van der Waals surface area contributed by atoms with E-state index in [-0.39, 0.29) is 17.7 Å². The maximum atomic E-state index is 13.4. The molecule has 0 aliphatic heterocycles. The van der Waals surface area contributed by atoms with Crippen LogP contribution in [0.15, 0.2) is 18.2 Å². The molecule has 0 aliphatic carbocycles. The lowest BCUT2D eigenvalue weighted by Crippen LogP contribution is -2.40. The zero-order valence-electron chi connectivity index (χ0n) is 10.9. The van der Waals surface area contributed by atoms with Gasteiger partial charge in [-0.15, -0.1) is 0 Å². The first-order valence-corrected chi connectivity index (χ1v) is 5.81. The summed E-state index contributed by atoms with van der Waals surface area (Å²) in [7, 11) is 0. The van der Waals surface area contributed by atoms with Crippen LogP contribution in [0.4, 0.5) is 4.39 Å². The molecule has 0 bridgehead atoms. The van der Waals surface area contributed by atoms with E-state index in [4.69, 9.17) is 9.84 Å². The number of hydrogen-bond acceptors (Lipinski definition) is 3. The molecule has 0 fully saturated rings. The van der Waals surface area contributed by atoms with Gasteiger partial charge in [0, 0.05) is 12.1 Å². The molecule has 6 heteroatoms. The SMILES string of the molecule is CC(C)NC(=O)C(C)Oc1ccc(C(=O)O)c(F)c1. The summed E-state index contributed by atoms with van der Waals surface area (Å²) in [6.07, 6.45) is -0.794. The van der Waals surface area contributed by atoms with Crippen molar-refractivity contribution < 1.29 is 23.8 Å². The summed E-state index contributed by atoms with van der Waals surface area (Å²) >= 11 is 0. The first kappa shape index (κ1) is 14.9. The number of benzene rings is 1. The minimum absolute atomic E-state index is 0.0235. The molecule has 1 rings (SSSR count). The van der Waals surface area contributed by atoms with Crippen molar-refractivity contribution in [3.05, 3.63) is 29.6 Å². The number of carboxylic acids is 1. The summed E-state index contributed by atoms with van der Waals surface area (Å²) in [5.41, 5.74) is -0.438. The summed E-state index contributed by atoms with van der Waals surface area (Å²) < 4.78 is 18.6. The second-order valence-corrected chi connectivity index (χ2v) is 4.37. The topological polar surface area (TPSA) is 75.6 Å². The Kier molecular flexibility index (Phi) is 4.86. The Morgan fingerprint density at radius 1 is 1.32 bits per heavy atom. The van der Waals surface area contributed by atoms with Gasteiger partial charge in [0.05, 0.1) is 5.56 Å². The number of nitrogens with one attached hydrogen (secondary N) is 1. The Morgan fingerprint density at radius 3 is 2.42 bits per heavy atom. The third kappa shape index (κ3) is 4.24. The number of ether oxygens (including phenoxy) is 1. The molecule has 2 N–H and O–H groups in total. The number of amides is 1. The number of rotatable bonds is 5. The number of carboxylic acid groups (broad SMARTS) is 1. The lowest BCUT2D eigenvalue weighted by atomic mass is 10.2. The summed E-state index contributed by atoms with van der Waals surface area (Å²) in [6, 6.07) is 3.33. The summed E-state index contributed by atoms with van der Waals surface area (Å²) in [6.45, 7) is 5.15. The average Bonchev–Trinajstić information content (AvgIpc) is 2.27. The van der Waals surface area contributed by atoms with Crippen LogP contribution in [0, 0.1) is 5.82 Å². The van der Waals surface area contributed by atoms with E-state index in [0.29, 0.717) is 0 Å². The number of carbonyl (C=O) groups is 2. The molecule has 0 aliphatic rings. The first-order chi connectivity index (χ1) is 8.81. The third-order valence-corrected chi connectivity index (χ3v) is 2.28. The molecule has 0 saturated heterocycles. The van der Waals surface area contributed by atoms with Crippen molar-refractivity contribution >= 4 is 11.9 Å². The zero-order chi connectivity index (χ0) is 14.6. The van der Waals surface area contributed by atoms with Gasteiger partial charge in [-0.3, -0.25) is 4.79 Å². The standard InChI is InChI=1S/C13H16FNO4/c1-7(2)15-12(16)8(3)19-9-4-5-10(13(17)18)11(14)6-9/h4-8H,1-3H3,(H,15,16)(H,17,18). The van der Waals surface area contributed by atoms with E-state index in [1.165, 1.54) is 13.0 Å². The monoisotopic (exact) mass is 269 g/mol. The molecule has 0 heterocycles. The van der Waals surface area contributed by atoms with Gasteiger partial charge in [-0.2, -0.15) is 0 Å². The van der Waals surface area contributed by atoms with E-state index < -0.39 is 23.5 Å². The molecule has 1 unspecified atom stereocenters. The fraction of sp³-hybridized carbons (Fsp3) is 0.385. The molecular formula is C13H16FNO4. The van der Waals surface area contributed by atoms with Gasteiger partial charge in [-0.1, -0.05) is 0 Å². The van der Waals surface area contributed by atoms with Crippen LogP contribution in [0.2, 0.25) is 0 Å². The average molecular weight is 269 g/mol. The van der Waals surface area contributed by atoms with Crippen molar-refractivity contribution in [3.63, 3.8) is 0 Å². The Morgan fingerprint density at radius 2 is 1.95 bits per heavy atom. The second kappa shape index (κ2) is 6.17. The van der Waals surface area contributed by atoms with E-state index in [2.05, 4.69) is 5.32 Å². The highest BCUT2D eigenvalue weighted by Crippen LogP contribution is 2.18. The maximum absolute atomic E-state index is 13.4. The number of aromatic carboxylic acids is 1. The molecule has 0 radical (unpaired) electrons. The lowest BCUT2D eigenvalue weighted by molar-refractivity contribution is -0.127. The van der Waals surface area contributed by atoms with Crippen LogP contribution in [-0.2, 0) is 4.79 Å². The Bertz CT molecular complexity index is 488. The van der Waals surface area contributed by atoms with Gasteiger partial charge in [0.1, 0.15) is 11.6 Å². The van der Waals surface area contributed by atoms with E-state index in [1.54, 1.807) is 0 Å². The van der Waals surface area contributed by atoms with Gasteiger partial charge in [0.25, 0.3) is 5.91 Å². The predicted octanol–water partition coefficient (Wildman–Crippen LogP) is 1.82. The predicted molar refractivity (Wildman–Crippen MR) is 66.7 cm³/mol. The molecule has 0 aromatic heterocycles. The Balaban J connectivity index is 2.75. The fourth-order valence-corrected chi connectivity index (χ4v) is 1.40. The number of carbonyl (C=O) groups excluding carboxylic acids is 1. The summed E-state index contributed by atoms with van der Waals surface area (Å²) in [5, 5.41) is 11.3. The lowest BCUT2D eigenvalue weighted by Gasteiger charge is -2.16. The van der Waals surface area contributed by atoms with Crippen molar-refractivity contribution in [2.24, 2.45) is 0 Å². The summed E-state index contributed by atoms with van der Waals surface area (Å²) in [5.74, 6) is -2.47. The normalized spacial score (nSPS) is 12.1. The van der Waals surface area contributed by atoms with Gasteiger partial charge in [0.15, 0.2) is 6.10 Å². The highest BCUT2D eigenvalue weighted by molar-refractivity contribution is 5.88. The van der Waals surface area contributed by atoms with Gasteiger partial charge >= 0.3 is 5.97 Å². The van der Waals surface area contributed by atoms with E-state index >= 15 is 0 Å². The molecule has 1 amide bonds. The van der Waals surface area contributed by atoms with Gasteiger partial charge in [-0.05, 0) is 32.9 Å². The molecule has 0 spiro atoms. The van der Waals surface area contributed by atoms with E-state index in [9.17, 15) is 14.0 Å². The molecule has 1 aromatic carbocycles. The third-order valence-electron chi connectivity index (χ3n) is 2.28. The Labute approximate surface area is 110 Å². The van der Waals surface area contributed by atoms with Crippen LogP contribution in [0.1, 0.15) is 31.1 Å². The van der Waals surface area contributed by atoms with Crippen molar-refractivity contribution in [3.8, 4) is 5.75 Å². The number of halogens is 1. The maximum Gasteiger partial charge on any atom is 0.338 e.